The molecule has 2 heterocycles. The Morgan fingerprint density at radius 2 is 1.93 bits per heavy atom. The number of aliphatic carboxylic acids is 1. The summed E-state index contributed by atoms with van der Waals surface area (Å²) in [6.07, 6.45) is 3.88. The van der Waals surface area contributed by atoms with Gasteiger partial charge in [0.1, 0.15) is 22.7 Å². The molecule has 4 rings (SSSR count). The molecule has 1 unspecified atom stereocenters. The fourth-order valence-corrected chi connectivity index (χ4v) is 4.63. The lowest BCUT2D eigenvalue weighted by molar-refractivity contribution is -0.145. The zero-order valence-corrected chi connectivity index (χ0v) is 16.9. The first-order chi connectivity index (χ1) is 14.0. The van der Waals surface area contributed by atoms with E-state index in [1.807, 2.05) is 60.7 Å². The third-order valence-corrected chi connectivity index (χ3v) is 5.99. The third-order valence-electron chi connectivity index (χ3n) is 4.66. The summed E-state index contributed by atoms with van der Waals surface area (Å²) in [5.74, 6) is -0.672. The molecular formula is C22H17NO4S2. The molecule has 0 spiro atoms. The number of hydrogen-bond donors (Lipinski definition) is 1. The lowest BCUT2D eigenvalue weighted by Gasteiger charge is -2.23. The minimum absolute atomic E-state index is 0.190. The predicted molar refractivity (Wildman–Crippen MR) is 117 cm³/mol. The zero-order valence-electron chi connectivity index (χ0n) is 15.3. The van der Waals surface area contributed by atoms with Crippen LogP contribution in [-0.2, 0) is 16.0 Å². The van der Waals surface area contributed by atoms with Crippen LogP contribution >= 0.6 is 24.0 Å². The first-order valence-corrected chi connectivity index (χ1v) is 10.2. The zero-order chi connectivity index (χ0) is 20.4. The van der Waals surface area contributed by atoms with Gasteiger partial charge in [0.05, 0.1) is 4.91 Å². The van der Waals surface area contributed by atoms with Gasteiger partial charge >= 0.3 is 5.97 Å². The summed E-state index contributed by atoms with van der Waals surface area (Å²) in [4.78, 5) is 26.5. The van der Waals surface area contributed by atoms with Crippen molar-refractivity contribution in [1.29, 1.82) is 0 Å². The van der Waals surface area contributed by atoms with Gasteiger partial charge in [-0.25, -0.2) is 4.79 Å². The number of carboxylic acids is 1. The van der Waals surface area contributed by atoms with Crippen molar-refractivity contribution in [1.82, 2.24) is 4.90 Å². The topological polar surface area (TPSA) is 66.8 Å². The Labute approximate surface area is 177 Å². The Hall–Kier alpha value is -2.90. The lowest BCUT2D eigenvalue weighted by Crippen LogP contribution is -2.45. The minimum Gasteiger partial charge on any atom is -0.488 e. The minimum atomic E-state index is -1.08. The highest BCUT2D eigenvalue weighted by Crippen LogP contribution is 2.35. The van der Waals surface area contributed by atoms with Crippen LogP contribution in [0.4, 0.5) is 0 Å². The van der Waals surface area contributed by atoms with Crippen LogP contribution in [0, 0.1) is 0 Å². The standard InChI is InChI=1S/C22H17NO4S2/c24-20-19(12-15-10-16-8-4-5-9-18(16)27-13-15)29-22(28)23(20)17(21(25)26)11-14-6-2-1-3-7-14/h1-10,12,17H,11,13H2,(H,25,26)/b19-12-. The first-order valence-electron chi connectivity index (χ1n) is 8.99. The maximum atomic E-state index is 13.0. The fourth-order valence-electron chi connectivity index (χ4n) is 3.26. The van der Waals surface area contributed by atoms with Gasteiger partial charge in [-0.15, -0.1) is 0 Å². The molecule has 2 aliphatic heterocycles. The van der Waals surface area contributed by atoms with Crippen LogP contribution in [0.25, 0.3) is 6.08 Å². The number of amides is 1. The van der Waals surface area contributed by atoms with Gasteiger partial charge in [-0.2, -0.15) is 0 Å². The summed E-state index contributed by atoms with van der Waals surface area (Å²) in [7, 11) is 0. The van der Waals surface area contributed by atoms with E-state index in [-0.39, 0.29) is 16.6 Å². The second-order valence-corrected chi connectivity index (χ2v) is 8.32. The number of carbonyl (C=O) groups excluding carboxylic acids is 1. The second-order valence-electron chi connectivity index (χ2n) is 6.64. The average molecular weight is 424 g/mol. The molecule has 1 fully saturated rings. The molecule has 0 aromatic heterocycles. The van der Waals surface area contributed by atoms with Crippen molar-refractivity contribution < 1.29 is 19.4 Å². The Morgan fingerprint density at radius 3 is 2.69 bits per heavy atom. The van der Waals surface area contributed by atoms with Gasteiger partial charge in [0.25, 0.3) is 5.91 Å². The van der Waals surface area contributed by atoms with E-state index in [4.69, 9.17) is 17.0 Å². The lowest BCUT2D eigenvalue weighted by atomic mass is 10.0. The highest BCUT2D eigenvalue weighted by Gasteiger charge is 2.40. The molecule has 1 amide bonds. The van der Waals surface area contributed by atoms with Gasteiger partial charge in [0.2, 0.25) is 0 Å². The van der Waals surface area contributed by atoms with Crippen LogP contribution in [0.1, 0.15) is 11.1 Å². The second kappa shape index (κ2) is 8.23. The van der Waals surface area contributed by atoms with E-state index in [1.54, 1.807) is 6.08 Å². The number of rotatable bonds is 5. The predicted octanol–water partition coefficient (Wildman–Crippen LogP) is 3.90. The first kappa shape index (κ1) is 19.4. The molecule has 0 radical (unpaired) electrons. The summed E-state index contributed by atoms with van der Waals surface area (Å²) in [6.45, 7) is 0.341. The van der Waals surface area contributed by atoms with Crippen molar-refractivity contribution in [3.05, 3.63) is 82.3 Å². The van der Waals surface area contributed by atoms with E-state index in [0.717, 1.165) is 34.2 Å². The molecule has 1 atom stereocenters. The van der Waals surface area contributed by atoms with Crippen LogP contribution in [0.2, 0.25) is 0 Å². The number of carbonyl (C=O) groups is 2. The van der Waals surface area contributed by atoms with Crippen LogP contribution in [-0.4, -0.2) is 38.9 Å². The maximum absolute atomic E-state index is 13.0. The van der Waals surface area contributed by atoms with Crippen LogP contribution < -0.4 is 4.74 Å². The Morgan fingerprint density at radius 1 is 1.21 bits per heavy atom. The summed E-state index contributed by atoms with van der Waals surface area (Å²) >= 11 is 6.47. The molecule has 0 bridgehead atoms. The monoisotopic (exact) mass is 423 g/mol. The van der Waals surface area contributed by atoms with Crippen LogP contribution in [0.5, 0.6) is 5.75 Å². The number of ether oxygens (including phenoxy) is 1. The Balaban J connectivity index is 1.59. The van der Waals surface area contributed by atoms with E-state index < -0.39 is 12.0 Å². The summed E-state index contributed by atoms with van der Waals surface area (Å²) in [5.41, 5.74) is 2.60. The van der Waals surface area contributed by atoms with E-state index >= 15 is 0 Å². The molecule has 146 valence electrons. The number of thioether (sulfide) groups is 1. The van der Waals surface area contributed by atoms with Gasteiger partial charge in [-0.3, -0.25) is 9.69 Å². The van der Waals surface area contributed by atoms with Crippen molar-refractivity contribution in [2.75, 3.05) is 6.61 Å². The van der Waals surface area contributed by atoms with Gasteiger partial charge < -0.3 is 9.84 Å². The Kier molecular flexibility index (Phi) is 5.51. The van der Waals surface area contributed by atoms with Crippen LogP contribution in [0.3, 0.4) is 0 Å². The maximum Gasteiger partial charge on any atom is 0.327 e. The van der Waals surface area contributed by atoms with Crippen molar-refractivity contribution >= 4 is 46.3 Å². The van der Waals surface area contributed by atoms with Gasteiger partial charge in [0, 0.05) is 12.0 Å². The highest BCUT2D eigenvalue weighted by atomic mass is 32.2. The number of hydrogen-bond acceptors (Lipinski definition) is 5. The van der Waals surface area contributed by atoms with E-state index in [0.29, 0.717) is 11.5 Å². The third kappa shape index (κ3) is 4.11. The number of para-hydroxylation sites is 1. The summed E-state index contributed by atoms with van der Waals surface area (Å²) in [6, 6.07) is 15.8. The van der Waals surface area contributed by atoms with Crippen LogP contribution in [0.15, 0.2) is 71.2 Å². The number of thiocarbonyl (C=S) groups is 1. The average Bonchev–Trinajstić information content (AvgIpc) is 2.99. The van der Waals surface area contributed by atoms with Gasteiger partial charge in [0.15, 0.2) is 0 Å². The number of benzene rings is 2. The van der Waals surface area contributed by atoms with E-state index in [2.05, 4.69) is 0 Å². The molecule has 2 aliphatic rings. The van der Waals surface area contributed by atoms with Crippen molar-refractivity contribution in [2.24, 2.45) is 0 Å². The molecular weight excluding hydrogens is 406 g/mol. The molecule has 2 aromatic rings. The molecule has 5 nitrogen and oxygen atoms in total. The molecule has 2 aromatic carbocycles. The van der Waals surface area contributed by atoms with Crippen molar-refractivity contribution in [3.8, 4) is 5.75 Å². The number of nitrogens with zero attached hydrogens (tertiary/aromatic N) is 1. The molecule has 1 saturated heterocycles. The summed E-state index contributed by atoms with van der Waals surface area (Å²) < 4.78 is 5.98. The smallest absolute Gasteiger partial charge is 0.327 e. The van der Waals surface area contributed by atoms with E-state index in [1.165, 1.54) is 4.90 Å². The van der Waals surface area contributed by atoms with Crippen molar-refractivity contribution in [3.63, 3.8) is 0 Å². The molecule has 29 heavy (non-hydrogen) atoms. The molecule has 0 saturated carbocycles. The molecule has 0 aliphatic carbocycles. The largest absolute Gasteiger partial charge is 0.488 e. The van der Waals surface area contributed by atoms with E-state index in [9.17, 15) is 14.7 Å². The van der Waals surface area contributed by atoms with Crippen molar-refractivity contribution in [2.45, 2.75) is 12.5 Å². The highest BCUT2D eigenvalue weighted by molar-refractivity contribution is 8.26. The van der Waals surface area contributed by atoms with Gasteiger partial charge in [-0.1, -0.05) is 72.5 Å². The fraction of sp³-hybridized carbons (Fsp3) is 0.136. The quantitative estimate of drug-likeness (QED) is 0.581. The van der Waals surface area contributed by atoms with Gasteiger partial charge in [-0.05, 0) is 29.4 Å². The molecule has 1 N–H and O–H groups in total. The number of fused-ring (bicyclic) bond motifs is 1. The number of carboxylic acid groups (broad SMARTS) is 1. The Bertz CT molecular complexity index is 1050. The normalized spacial score (nSPS) is 18.3. The molecule has 7 heteroatoms. The SMILES string of the molecule is O=C(O)C(Cc1ccccc1)N1C(=O)/C(=C/C2=Cc3ccccc3OC2)SC1=S. The summed E-state index contributed by atoms with van der Waals surface area (Å²) in [5, 5.41) is 9.73.